The van der Waals surface area contributed by atoms with Crippen molar-refractivity contribution in [2.75, 3.05) is 7.05 Å². The third kappa shape index (κ3) is 3.73. The van der Waals surface area contributed by atoms with Gasteiger partial charge >= 0.3 is 0 Å². The van der Waals surface area contributed by atoms with E-state index in [0.717, 1.165) is 25.7 Å². The molecule has 1 aromatic rings. The Morgan fingerprint density at radius 1 is 1.33 bits per heavy atom. The van der Waals surface area contributed by atoms with Gasteiger partial charge in [0.15, 0.2) is 0 Å². The summed E-state index contributed by atoms with van der Waals surface area (Å²) in [7, 11) is 3.13. The minimum atomic E-state index is -3.93. The molecule has 1 fully saturated rings. The van der Waals surface area contributed by atoms with Gasteiger partial charge in [0.1, 0.15) is 0 Å². The summed E-state index contributed by atoms with van der Waals surface area (Å²) in [5, 5.41) is 0.189. The van der Waals surface area contributed by atoms with Crippen LogP contribution in [0.25, 0.3) is 0 Å². The maximum absolute atomic E-state index is 12.6. The van der Waals surface area contributed by atoms with Gasteiger partial charge in [-0.15, -0.1) is 0 Å². The van der Waals surface area contributed by atoms with Crippen LogP contribution in [0.3, 0.4) is 0 Å². The van der Waals surface area contributed by atoms with Gasteiger partial charge in [-0.3, -0.25) is 4.79 Å². The van der Waals surface area contributed by atoms with Gasteiger partial charge < -0.3 is 4.90 Å². The smallest absolute Gasteiger partial charge is 0.261 e. The highest BCUT2D eigenvalue weighted by atomic mass is 79.9. The molecule has 4 nitrogen and oxygen atoms in total. The second-order valence-electron chi connectivity index (χ2n) is 5.06. The number of hydrogen-bond acceptors (Lipinski definition) is 3. The summed E-state index contributed by atoms with van der Waals surface area (Å²) in [6.45, 7) is 0. The standard InChI is InChI=1S/C13H14BrCl2NO3S/c1-17(8-4-2-3-5-8)13(18)10-6-9(21(16,19)20)7-11(14)12(10)15/h6-8H,2-5H2,1H3. The maximum Gasteiger partial charge on any atom is 0.261 e. The fraction of sp³-hybridized carbons (Fsp3) is 0.462. The number of carbonyl (C=O) groups excluding carboxylic acids is 1. The molecule has 1 aliphatic carbocycles. The first kappa shape index (κ1) is 17.1. The number of carbonyl (C=O) groups is 1. The number of hydrogen-bond donors (Lipinski definition) is 0. The zero-order chi connectivity index (χ0) is 15.8. The lowest BCUT2D eigenvalue weighted by atomic mass is 10.1. The molecule has 0 heterocycles. The first-order chi connectivity index (χ1) is 9.71. The summed E-state index contributed by atoms with van der Waals surface area (Å²) >= 11 is 9.29. The summed E-state index contributed by atoms with van der Waals surface area (Å²) in [5.41, 5.74) is 0.139. The Bertz CT molecular complexity index is 672. The van der Waals surface area contributed by atoms with E-state index in [1.807, 2.05) is 0 Å². The summed E-state index contributed by atoms with van der Waals surface area (Å²) < 4.78 is 23.3. The molecular formula is C13H14BrCl2NO3S. The highest BCUT2D eigenvalue weighted by Gasteiger charge is 2.27. The predicted octanol–water partition coefficient (Wildman–Crippen LogP) is 4.04. The second kappa shape index (κ2) is 6.44. The molecule has 0 unspecified atom stereocenters. The number of benzene rings is 1. The molecule has 0 N–H and O–H groups in total. The molecule has 21 heavy (non-hydrogen) atoms. The Hall–Kier alpha value is -0.300. The molecular weight excluding hydrogens is 401 g/mol. The second-order valence-corrected chi connectivity index (χ2v) is 8.86. The number of nitrogens with zero attached hydrogens (tertiary/aromatic N) is 1. The largest absolute Gasteiger partial charge is 0.339 e. The van der Waals surface area contributed by atoms with Crippen molar-refractivity contribution < 1.29 is 13.2 Å². The zero-order valence-corrected chi connectivity index (χ0v) is 15.2. The Kier molecular flexibility index (Phi) is 5.23. The average Bonchev–Trinajstić information content (AvgIpc) is 2.92. The zero-order valence-electron chi connectivity index (χ0n) is 11.3. The van der Waals surface area contributed by atoms with Gasteiger partial charge in [-0.05, 0) is 40.9 Å². The quantitative estimate of drug-likeness (QED) is 0.701. The normalized spacial score (nSPS) is 16.2. The van der Waals surface area contributed by atoms with E-state index in [1.54, 1.807) is 11.9 Å². The van der Waals surface area contributed by atoms with E-state index in [9.17, 15) is 13.2 Å². The molecule has 116 valence electrons. The average molecular weight is 415 g/mol. The lowest BCUT2D eigenvalue weighted by Crippen LogP contribution is -2.35. The van der Waals surface area contributed by atoms with E-state index in [1.165, 1.54) is 12.1 Å². The maximum atomic E-state index is 12.6. The van der Waals surface area contributed by atoms with Gasteiger partial charge in [-0.1, -0.05) is 24.4 Å². The van der Waals surface area contributed by atoms with Crippen LogP contribution in [0.1, 0.15) is 36.0 Å². The van der Waals surface area contributed by atoms with E-state index in [2.05, 4.69) is 15.9 Å². The van der Waals surface area contributed by atoms with E-state index >= 15 is 0 Å². The third-order valence-electron chi connectivity index (χ3n) is 3.71. The van der Waals surface area contributed by atoms with Crippen molar-refractivity contribution in [1.29, 1.82) is 0 Å². The summed E-state index contributed by atoms with van der Waals surface area (Å²) in [5.74, 6) is -0.297. The Morgan fingerprint density at radius 2 is 1.90 bits per heavy atom. The molecule has 2 rings (SSSR count). The van der Waals surface area contributed by atoms with Crippen molar-refractivity contribution in [3.63, 3.8) is 0 Å². The van der Waals surface area contributed by atoms with Gasteiger partial charge in [0.05, 0.1) is 15.5 Å². The van der Waals surface area contributed by atoms with Crippen molar-refractivity contribution in [3.8, 4) is 0 Å². The van der Waals surface area contributed by atoms with Crippen LogP contribution in [0.4, 0.5) is 0 Å². The summed E-state index contributed by atoms with van der Waals surface area (Å²) in [6, 6.07) is 2.68. The van der Waals surface area contributed by atoms with Gasteiger partial charge in [-0.25, -0.2) is 8.42 Å². The predicted molar refractivity (Wildman–Crippen MR) is 86.5 cm³/mol. The molecule has 0 aromatic heterocycles. The highest BCUT2D eigenvalue weighted by molar-refractivity contribution is 9.10. The van der Waals surface area contributed by atoms with Crippen LogP contribution in [0.5, 0.6) is 0 Å². The minimum absolute atomic E-state index is 0.139. The van der Waals surface area contributed by atoms with Crippen molar-refractivity contribution in [1.82, 2.24) is 4.90 Å². The van der Waals surface area contributed by atoms with Crippen molar-refractivity contribution in [2.24, 2.45) is 0 Å². The van der Waals surface area contributed by atoms with E-state index in [0.29, 0.717) is 4.47 Å². The molecule has 1 aromatic carbocycles. The molecule has 1 aliphatic rings. The van der Waals surface area contributed by atoms with E-state index < -0.39 is 9.05 Å². The molecule has 1 saturated carbocycles. The molecule has 0 spiro atoms. The Morgan fingerprint density at radius 3 is 2.43 bits per heavy atom. The Balaban J connectivity index is 2.42. The van der Waals surface area contributed by atoms with Crippen molar-refractivity contribution in [3.05, 3.63) is 27.2 Å². The summed E-state index contributed by atoms with van der Waals surface area (Å²) in [4.78, 5) is 14.0. The van der Waals surface area contributed by atoms with Crippen LogP contribution < -0.4 is 0 Å². The topological polar surface area (TPSA) is 54.5 Å². The van der Waals surface area contributed by atoms with Gasteiger partial charge in [0.25, 0.3) is 15.0 Å². The molecule has 0 aliphatic heterocycles. The lowest BCUT2D eigenvalue weighted by Gasteiger charge is -2.25. The van der Waals surface area contributed by atoms with Crippen LogP contribution in [0, 0.1) is 0 Å². The fourth-order valence-corrected chi connectivity index (χ4v) is 4.09. The van der Waals surface area contributed by atoms with Crippen LogP contribution in [0.15, 0.2) is 21.5 Å². The third-order valence-corrected chi connectivity index (χ3v) is 6.30. The van der Waals surface area contributed by atoms with Crippen molar-refractivity contribution in [2.45, 2.75) is 36.6 Å². The van der Waals surface area contributed by atoms with Gasteiger partial charge in [0.2, 0.25) is 0 Å². The first-order valence-electron chi connectivity index (χ1n) is 6.42. The monoisotopic (exact) mass is 413 g/mol. The molecule has 0 saturated heterocycles. The molecule has 0 bridgehead atoms. The molecule has 0 atom stereocenters. The summed E-state index contributed by atoms with van der Waals surface area (Å²) in [6.07, 6.45) is 4.09. The molecule has 8 heteroatoms. The number of rotatable bonds is 3. The van der Waals surface area contributed by atoms with Gasteiger partial charge in [0, 0.05) is 28.2 Å². The van der Waals surface area contributed by atoms with E-state index in [-0.39, 0.29) is 27.4 Å². The highest BCUT2D eigenvalue weighted by Crippen LogP contribution is 2.33. The number of amides is 1. The van der Waals surface area contributed by atoms with Gasteiger partial charge in [-0.2, -0.15) is 0 Å². The van der Waals surface area contributed by atoms with Crippen LogP contribution in [0.2, 0.25) is 5.02 Å². The van der Waals surface area contributed by atoms with Crippen LogP contribution >= 0.6 is 38.2 Å². The lowest BCUT2D eigenvalue weighted by molar-refractivity contribution is 0.0735. The Labute approximate surface area is 142 Å². The van der Waals surface area contributed by atoms with E-state index in [4.69, 9.17) is 22.3 Å². The fourth-order valence-electron chi connectivity index (χ4n) is 2.51. The molecule has 1 amide bonds. The molecule has 0 radical (unpaired) electrons. The van der Waals surface area contributed by atoms with Crippen LogP contribution in [-0.2, 0) is 9.05 Å². The van der Waals surface area contributed by atoms with Crippen LogP contribution in [-0.4, -0.2) is 32.3 Å². The minimum Gasteiger partial charge on any atom is -0.339 e. The SMILES string of the molecule is CN(C(=O)c1cc(S(=O)(=O)Cl)cc(Br)c1Cl)C1CCCC1. The van der Waals surface area contributed by atoms with Crippen molar-refractivity contribution >= 4 is 53.2 Å². The number of halogens is 3. The first-order valence-corrected chi connectivity index (χ1v) is 9.90.